The average molecular weight is 462 g/mol. The molecule has 26 heavy (non-hydrogen) atoms. The second kappa shape index (κ2) is 9.91. The first-order chi connectivity index (χ1) is 12.2. The van der Waals surface area contributed by atoms with Gasteiger partial charge in [-0.25, -0.2) is 4.98 Å². The summed E-state index contributed by atoms with van der Waals surface area (Å²) in [5.41, 5.74) is 4.64. The van der Waals surface area contributed by atoms with Crippen molar-refractivity contribution in [3.63, 3.8) is 0 Å². The maximum absolute atomic E-state index is 4.27. The molecule has 0 aliphatic rings. The van der Waals surface area contributed by atoms with Crippen molar-refractivity contribution in [2.75, 3.05) is 7.05 Å². The number of hydrogen-bond acceptors (Lipinski definition) is 3. The quantitative estimate of drug-likeness (QED) is 0.309. The molecule has 1 heterocycles. The number of aliphatic imine (C=N–C) groups is 1. The Morgan fingerprint density at radius 1 is 1.04 bits per heavy atom. The van der Waals surface area contributed by atoms with Gasteiger partial charge in [-0.2, -0.15) is 5.10 Å². The molecule has 0 saturated carbocycles. The Balaban J connectivity index is 0.00000243. The SMILES string of the molecule is CN=C(NCc1ccc(C)cc1)NCc1cccc(-c2ncn[nH]2)c1.I. The Hall–Kier alpha value is -2.42. The number of guanidine groups is 1. The topological polar surface area (TPSA) is 78.0 Å². The molecule has 0 bridgehead atoms. The molecule has 3 rings (SSSR count). The molecule has 0 unspecified atom stereocenters. The van der Waals surface area contributed by atoms with E-state index in [1.54, 1.807) is 7.05 Å². The molecule has 136 valence electrons. The smallest absolute Gasteiger partial charge is 0.191 e. The van der Waals surface area contributed by atoms with Crippen LogP contribution in [-0.4, -0.2) is 28.2 Å². The van der Waals surface area contributed by atoms with E-state index in [-0.39, 0.29) is 24.0 Å². The molecule has 0 radical (unpaired) electrons. The van der Waals surface area contributed by atoms with Gasteiger partial charge in [-0.15, -0.1) is 24.0 Å². The molecule has 0 aliphatic carbocycles. The number of benzene rings is 2. The lowest BCUT2D eigenvalue weighted by molar-refractivity contribution is 0.809. The van der Waals surface area contributed by atoms with E-state index < -0.39 is 0 Å². The number of nitrogens with zero attached hydrogens (tertiary/aromatic N) is 3. The van der Waals surface area contributed by atoms with Crippen molar-refractivity contribution in [1.29, 1.82) is 0 Å². The van der Waals surface area contributed by atoms with Crippen LogP contribution in [0, 0.1) is 6.92 Å². The lowest BCUT2D eigenvalue weighted by Gasteiger charge is -2.12. The zero-order valence-electron chi connectivity index (χ0n) is 14.9. The van der Waals surface area contributed by atoms with Crippen molar-refractivity contribution in [3.8, 4) is 11.4 Å². The van der Waals surface area contributed by atoms with Crippen molar-refractivity contribution in [1.82, 2.24) is 25.8 Å². The van der Waals surface area contributed by atoms with Crippen molar-refractivity contribution in [2.45, 2.75) is 20.0 Å². The molecule has 1 aromatic heterocycles. The third kappa shape index (κ3) is 5.55. The Kier molecular flexibility index (Phi) is 7.58. The average Bonchev–Trinajstić information content (AvgIpc) is 3.18. The van der Waals surface area contributed by atoms with Crippen molar-refractivity contribution < 1.29 is 0 Å². The highest BCUT2D eigenvalue weighted by atomic mass is 127. The van der Waals surface area contributed by atoms with E-state index in [0.717, 1.165) is 29.5 Å². The first kappa shape index (κ1) is 19.9. The Bertz CT molecular complexity index is 828. The molecule has 0 spiro atoms. The largest absolute Gasteiger partial charge is 0.352 e. The number of aromatic nitrogens is 3. The number of aromatic amines is 1. The van der Waals surface area contributed by atoms with Crippen LogP contribution in [0.1, 0.15) is 16.7 Å². The molecule has 0 fully saturated rings. The van der Waals surface area contributed by atoms with Crippen LogP contribution in [0.15, 0.2) is 59.9 Å². The zero-order valence-corrected chi connectivity index (χ0v) is 17.2. The summed E-state index contributed by atoms with van der Waals surface area (Å²) in [5, 5.41) is 13.4. The van der Waals surface area contributed by atoms with E-state index in [4.69, 9.17) is 0 Å². The van der Waals surface area contributed by atoms with Crippen LogP contribution in [0.5, 0.6) is 0 Å². The monoisotopic (exact) mass is 462 g/mol. The number of H-pyrrole nitrogens is 1. The maximum atomic E-state index is 4.27. The highest BCUT2D eigenvalue weighted by Gasteiger charge is 2.03. The molecular weight excluding hydrogens is 439 g/mol. The summed E-state index contributed by atoms with van der Waals surface area (Å²) in [5.74, 6) is 1.54. The fraction of sp³-hybridized carbons (Fsp3) is 0.211. The summed E-state index contributed by atoms with van der Waals surface area (Å²) in [6, 6.07) is 16.6. The predicted octanol–water partition coefficient (Wildman–Crippen LogP) is 3.26. The molecule has 7 heteroatoms. The van der Waals surface area contributed by atoms with Gasteiger partial charge < -0.3 is 10.6 Å². The minimum absolute atomic E-state index is 0. The molecule has 3 aromatic rings. The summed E-state index contributed by atoms with van der Waals surface area (Å²) in [7, 11) is 1.77. The van der Waals surface area contributed by atoms with Crippen molar-refractivity contribution >= 4 is 29.9 Å². The second-order valence-electron chi connectivity index (χ2n) is 5.80. The number of aryl methyl sites for hydroxylation is 1. The first-order valence-corrected chi connectivity index (χ1v) is 8.19. The summed E-state index contributed by atoms with van der Waals surface area (Å²) in [6.45, 7) is 3.50. The fourth-order valence-electron chi connectivity index (χ4n) is 2.47. The number of halogens is 1. The third-order valence-corrected chi connectivity index (χ3v) is 3.88. The Morgan fingerprint density at radius 2 is 1.77 bits per heavy atom. The summed E-state index contributed by atoms with van der Waals surface area (Å²) < 4.78 is 0. The van der Waals surface area contributed by atoms with Crippen LogP contribution < -0.4 is 10.6 Å². The standard InChI is InChI=1S/C19H22N6.HI/c1-14-6-8-15(9-7-14)11-21-19(20-2)22-12-16-4-3-5-17(10-16)18-23-13-24-25-18;/h3-10,13H,11-12H2,1-2H3,(H2,20,21,22)(H,23,24,25);1H. The van der Waals surface area contributed by atoms with E-state index in [1.165, 1.54) is 17.5 Å². The summed E-state index contributed by atoms with van der Waals surface area (Å²) >= 11 is 0. The predicted molar refractivity (Wildman–Crippen MR) is 115 cm³/mol. The van der Waals surface area contributed by atoms with Gasteiger partial charge in [0.2, 0.25) is 0 Å². The zero-order chi connectivity index (χ0) is 17.5. The first-order valence-electron chi connectivity index (χ1n) is 8.19. The van der Waals surface area contributed by atoms with Gasteiger partial charge in [0.25, 0.3) is 0 Å². The van der Waals surface area contributed by atoms with Crippen LogP contribution in [0.2, 0.25) is 0 Å². The van der Waals surface area contributed by atoms with Gasteiger partial charge in [0.1, 0.15) is 6.33 Å². The molecule has 0 atom stereocenters. The van der Waals surface area contributed by atoms with E-state index in [1.807, 2.05) is 12.1 Å². The van der Waals surface area contributed by atoms with E-state index in [9.17, 15) is 0 Å². The normalized spacial score (nSPS) is 10.9. The molecule has 2 aromatic carbocycles. The number of hydrogen-bond donors (Lipinski definition) is 3. The van der Waals surface area contributed by atoms with E-state index in [0.29, 0.717) is 6.54 Å². The van der Waals surface area contributed by atoms with E-state index in [2.05, 4.69) is 74.1 Å². The molecule has 0 saturated heterocycles. The van der Waals surface area contributed by atoms with Crippen LogP contribution in [-0.2, 0) is 13.1 Å². The van der Waals surface area contributed by atoms with Crippen molar-refractivity contribution in [2.24, 2.45) is 4.99 Å². The summed E-state index contributed by atoms with van der Waals surface area (Å²) in [6.07, 6.45) is 1.51. The Morgan fingerprint density at radius 3 is 2.42 bits per heavy atom. The van der Waals surface area contributed by atoms with Crippen LogP contribution in [0.3, 0.4) is 0 Å². The molecular formula is C19H23IN6. The fourth-order valence-corrected chi connectivity index (χ4v) is 2.47. The number of rotatable bonds is 5. The summed E-state index contributed by atoms with van der Waals surface area (Å²) in [4.78, 5) is 8.46. The van der Waals surface area contributed by atoms with Gasteiger partial charge in [0.15, 0.2) is 11.8 Å². The van der Waals surface area contributed by atoms with Gasteiger partial charge >= 0.3 is 0 Å². The minimum Gasteiger partial charge on any atom is -0.352 e. The van der Waals surface area contributed by atoms with Crippen LogP contribution in [0.25, 0.3) is 11.4 Å². The van der Waals surface area contributed by atoms with Crippen LogP contribution in [0.4, 0.5) is 0 Å². The lowest BCUT2D eigenvalue weighted by Crippen LogP contribution is -2.36. The van der Waals surface area contributed by atoms with Crippen LogP contribution >= 0.6 is 24.0 Å². The lowest BCUT2D eigenvalue weighted by atomic mass is 10.1. The van der Waals surface area contributed by atoms with Gasteiger partial charge in [-0.05, 0) is 24.1 Å². The van der Waals surface area contributed by atoms with E-state index >= 15 is 0 Å². The Labute approximate surface area is 170 Å². The second-order valence-corrected chi connectivity index (χ2v) is 5.80. The molecule has 3 N–H and O–H groups in total. The highest BCUT2D eigenvalue weighted by Crippen LogP contribution is 2.15. The van der Waals surface area contributed by atoms with Gasteiger partial charge in [0.05, 0.1) is 0 Å². The van der Waals surface area contributed by atoms with Gasteiger partial charge in [0, 0.05) is 25.7 Å². The third-order valence-electron chi connectivity index (χ3n) is 3.88. The highest BCUT2D eigenvalue weighted by molar-refractivity contribution is 14.0. The van der Waals surface area contributed by atoms with Gasteiger partial charge in [-0.1, -0.05) is 48.0 Å². The van der Waals surface area contributed by atoms with Crippen molar-refractivity contribution in [3.05, 3.63) is 71.5 Å². The van der Waals surface area contributed by atoms with Gasteiger partial charge in [-0.3, -0.25) is 10.1 Å². The molecule has 0 amide bonds. The molecule has 0 aliphatic heterocycles. The minimum atomic E-state index is 0. The number of nitrogens with one attached hydrogen (secondary N) is 3. The maximum Gasteiger partial charge on any atom is 0.191 e. The molecule has 6 nitrogen and oxygen atoms in total.